The lowest BCUT2D eigenvalue weighted by atomic mass is 10.3. The van der Waals surface area contributed by atoms with E-state index in [-0.39, 0.29) is 6.04 Å². The van der Waals surface area contributed by atoms with Gasteiger partial charge in [0, 0.05) is 28.3 Å². The quantitative estimate of drug-likeness (QED) is 0.837. The Morgan fingerprint density at radius 2 is 2.29 bits per heavy atom. The molecule has 0 fully saturated rings. The number of nitrogens with one attached hydrogen (secondary N) is 1. The van der Waals surface area contributed by atoms with Crippen LogP contribution in [0.25, 0.3) is 0 Å². The number of likely N-dealkylation sites (N-methyl/N-ethyl adjacent to an activating group) is 1. The third-order valence-electron chi connectivity index (χ3n) is 2.27. The molecule has 0 aliphatic rings. The minimum Gasteiger partial charge on any atom is -0.383 e. The molecule has 2 atom stereocenters. The number of rotatable bonds is 7. The van der Waals surface area contributed by atoms with Gasteiger partial charge in [-0.15, -0.1) is 0 Å². The fourth-order valence-electron chi connectivity index (χ4n) is 1.54. The number of halogens is 1. The fourth-order valence-corrected chi connectivity index (χ4v) is 3.35. The first kappa shape index (κ1) is 14.8. The SMILES string of the molecule is CCNC(COC)CS(=O)c1cccc(Br)c1. The standard InChI is InChI=1S/C12H18BrNO2S/c1-3-14-11(8-16-2)9-17(15)12-6-4-5-10(13)7-12/h4-7,11,14H,3,8-9H2,1-2H3. The van der Waals surface area contributed by atoms with Crippen LogP contribution >= 0.6 is 15.9 Å². The van der Waals surface area contributed by atoms with Crippen molar-refractivity contribution in [3.8, 4) is 0 Å². The molecule has 0 aliphatic carbocycles. The highest BCUT2D eigenvalue weighted by Crippen LogP contribution is 2.15. The second kappa shape index (κ2) is 7.97. The Bertz CT molecular complexity index is 367. The molecule has 3 nitrogen and oxygen atoms in total. The molecule has 0 spiro atoms. The van der Waals surface area contributed by atoms with Gasteiger partial charge in [-0.05, 0) is 24.7 Å². The zero-order valence-electron chi connectivity index (χ0n) is 10.1. The molecular formula is C12H18BrNO2S. The van der Waals surface area contributed by atoms with E-state index in [1.54, 1.807) is 7.11 Å². The average molecular weight is 320 g/mol. The van der Waals surface area contributed by atoms with Crippen molar-refractivity contribution >= 4 is 26.7 Å². The summed E-state index contributed by atoms with van der Waals surface area (Å²) in [5, 5.41) is 3.27. The van der Waals surface area contributed by atoms with Gasteiger partial charge < -0.3 is 10.1 Å². The molecule has 0 saturated carbocycles. The summed E-state index contributed by atoms with van der Waals surface area (Å²) < 4.78 is 18.2. The molecule has 0 saturated heterocycles. The van der Waals surface area contributed by atoms with Gasteiger partial charge in [-0.2, -0.15) is 0 Å². The van der Waals surface area contributed by atoms with E-state index in [1.807, 2.05) is 31.2 Å². The Balaban J connectivity index is 2.63. The van der Waals surface area contributed by atoms with Gasteiger partial charge in [-0.1, -0.05) is 28.9 Å². The smallest absolute Gasteiger partial charge is 0.0624 e. The van der Waals surface area contributed by atoms with Gasteiger partial charge in [0.2, 0.25) is 0 Å². The van der Waals surface area contributed by atoms with Crippen LogP contribution in [0.15, 0.2) is 33.6 Å². The first-order valence-electron chi connectivity index (χ1n) is 5.53. The number of ether oxygens (including phenoxy) is 1. The molecule has 0 amide bonds. The largest absolute Gasteiger partial charge is 0.383 e. The van der Waals surface area contributed by atoms with Crippen LogP contribution in [-0.4, -0.2) is 36.3 Å². The first-order valence-corrected chi connectivity index (χ1v) is 7.64. The van der Waals surface area contributed by atoms with Crippen molar-refractivity contribution in [2.24, 2.45) is 0 Å². The molecule has 0 bridgehead atoms. The summed E-state index contributed by atoms with van der Waals surface area (Å²) in [6.45, 7) is 3.46. The lowest BCUT2D eigenvalue weighted by molar-refractivity contribution is 0.174. The third-order valence-corrected chi connectivity index (χ3v) is 4.25. The van der Waals surface area contributed by atoms with Crippen molar-refractivity contribution in [3.63, 3.8) is 0 Å². The maximum atomic E-state index is 12.2. The van der Waals surface area contributed by atoms with Crippen molar-refractivity contribution in [1.29, 1.82) is 0 Å². The summed E-state index contributed by atoms with van der Waals surface area (Å²) in [4.78, 5) is 0.846. The van der Waals surface area contributed by atoms with E-state index in [0.717, 1.165) is 15.9 Å². The molecule has 2 unspecified atom stereocenters. The predicted octanol–water partition coefficient (Wildman–Crippen LogP) is 2.18. The molecule has 0 radical (unpaired) electrons. The Labute approximate surface area is 114 Å². The fraction of sp³-hybridized carbons (Fsp3) is 0.500. The molecule has 0 aromatic heterocycles. The van der Waals surface area contributed by atoms with E-state index < -0.39 is 10.8 Å². The van der Waals surface area contributed by atoms with Crippen molar-refractivity contribution < 1.29 is 8.95 Å². The van der Waals surface area contributed by atoms with E-state index in [0.29, 0.717) is 12.4 Å². The van der Waals surface area contributed by atoms with Crippen LogP contribution < -0.4 is 5.32 Å². The van der Waals surface area contributed by atoms with Crippen LogP contribution in [0.1, 0.15) is 6.92 Å². The third kappa shape index (κ3) is 5.29. The topological polar surface area (TPSA) is 38.3 Å². The van der Waals surface area contributed by atoms with Gasteiger partial charge in [0.15, 0.2) is 0 Å². The second-order valence-corrected chi connectivity index (χ2v) is 6.09. The molecule has 17 heavy (non-hydrogen) atoms. The summed E-state index contributed by atoms with van der Waals surface area (Å²) in [5.74, 6) is 0.568. The van der Waals surface area contributed by atoms with E-state index in [2.05, 4.69) is 21.2 Å². The van der Waals surface area contributed by atoms with Crippen molar-refractivity contribution in [1.82, 2.24) is 5.32 Å². The van der Waals surface area contributed by atoms with E-state index in [1.165, 1.54) is 0 Å². The zero-order valence-corrected chi connectivity index (χ0v) is 12.5. The van der Waals surface area contributed by atoms with Crippen LogP contribution in [0.2, 0.25) is 0 Å². The highest BCUT2D eigenvalue weighted by Gasteiger charge is 2.13. The minimum atomic E-state index is -0.999. The van der Waals surface area contributed by atoms with Crippen molar-refractivity contribution in [2.75, 3.05) is 26.0 Å². The second-order valence-electron chi connectivity index (χ2n) is 3.68. The van der Waals surface area contributed by atoms with Crippen molar-refractivity contribution in [2.45, 2.75) is 17.9 Å². The van der Waals surface area contributed by atoms with Crippen molar-refractivity contribution in [3.05, 3.63) is 28.7 Å². The average Bonchev–Trinajstić information content (AvgIpc) is 2.29. The number of hydrogen-bond donors (Lipinski definition) is 1. The molecule has 1 aromatic carbocycles. The Morgan fingerprint density at radius 1 is 1.53 bits per heavy atom. The molecule has 0 aliphatic heterocycles. The Hall–Kier alpha value is -0.230. The van der Waals surface area contributed by atoms with Gasteiger partial charge in [0.25, 0.3) is 0 Å². The summed E-state index contributed by atoms with van der Waals surface area (Å²) in [5.41, 5.74) is 0. The number of benzene rings is 1. The Kier molecular flexibility index (Phi) is 6.96. The maximum Gasteiger partial charge on any atom is 0.0624 e. The molecule has 1 N–H and O–H groups in total. The predicted molar refractivity (Wildman–Crippen MR) is 74.8 cm³/mol. The van der Waals surface area contributed by atoms with Gasteiger partial charge >= 0.3 is 0 Å². The molecule has 0 heterocycles. The van der Waals surface area contributed by atoms with Gasteiger partial charge in [-0.25, -0.2) is 0 Å². The van der Waals surface area contributed by atoms with Gasteiger partial charge in [0.1, 0.15) is 0 Å². The summed E-state index contributed by atoms with van der Waals surface area (Å²) in [6.07, 6.45) is 0. The van der Waals surface area contributed by atoms with E-state index in [9.17, 15) is 4.21 Å². The molecule has 96 valence electrons. The minimum absolute atomic E-state index is 0.129. The van der Waals surface area contributed by atoms with Gasteiger partial charge in [0.05, 0.1) is 17.4 Å². The number of hydrogen-bond acceptors (Lipinski definition) is 3. The van der Waals surface area contributed by atoms with Crippen LogP contribution in [-0.2, 0) is 15.5 Å². The lowest BCUT2D eigenvalue weighted by Gasteiger charge is -2.16. The number of methoxy groups -OCH3 is 1. The summed E-state index contributed by atoms with van der Waals surface area (Å²) in [6, 6.07) is 7.74. The Morgan fingerprint density at radius 3 is 2.88 bits per heavy atom. The van der Waals surface area contributed by atoms with Gasteiger partial charge in [-0.3, -0.25) is 4.21 Å². The van der Waals surface area contributed by atoms with E-state index >= 15 is 0 Å². The molecule has 5 heteroatoms. The highest BCUT2D eigenvalue weighted by molar-refractivity contribution is 9.10. The maximum absolute atomic E-state index is 12.2. The lowest BCUT2D eigenvalue weighted by Crippen LogP contribution is -2.37. The van der Waals surface area contributed by atoms with Crippen LogP contribution in [0.5, 0.6) is 0 Å². The van der Waals surface area contributed by atoms with E-state index in [4.69, 9.17) is 4.74 Å². The molecule has 1 rings (SSSR count). The molecule has 1 aromatic rings. The van der Waals surface area contributed by atoms with Crippen LogP contribution in [0.3, 0.4) is 0 Å². The highest BCUT2D eigenvalue weighted by atomic mass is 79.9. The summed E-state index contributed by atoms with van der Waals surface area (Å²) >= 11 is 3.38. The van der Waals surface area contributed by atoms with Crippen LogP contribution in [0.4, 0.5) is 0 Å². The first-order chi connectivity index (χ1) is 8.17. The summed E-state index contributed by atoms with van der Waals surface area (Å²) in [7, 11) is 0.660. The monoisotopic (exact) mass is 319 g/mol. The van der Waals surface area contributed by atoms with Crippen LogP contribution in [0, 0.1) is 0 Å². The molecular weight excluding hydrogens is 302 g/mol. The normalized spacial score (nSPS) is 14.5. The zero-order chi connectivity index (χ0) is 12.7.